The van der Waals surface area contributed by atoms with E-state index in [4.69, 9.17) is 21.7 Å². The molecular weight excluding hydrogens is 433 g/mol. The van der Waals surface area contributed by atoms with Gasteiger partial charge in [-0.25, -0.2) is 0 Å². The molecule has 0 rings (SSSR count). The van der Waals surface area contributed by atoms with E-state index >= 15 is 0 Å². The van der Waals surface area contributed by atoms with Crippen LogP contribution in [0, 0.1) is 0 Å². The van der Waals surface area contributed by atoms with E-state index in [1.807, 2.05) is 0 Å². The maximum absolute atomic E-state index is 10.1. The van der Waals surface area contributed by atoms with E-state index < -0.39 is 48.4 Å². The molecule has 134 valence electrons. The van der Waals surface area contributed by atoms with E-state index in [9.17, 15) is 34.5 Å². The van der Waals surface area contributed by atoms with E-state index in [2.05, 4.69) is 0 Å². The summed E-state index contributed by atoms with van der Waals surface area (Å²) in [7, 11) is 0. The van der Waals surface area contributed by atoms with Crippen molar-refractivity contribution in [3.05, 3.63) is 0 Å². The average molecular weight is 453 g/mol. The number of carbonyl (C=O) groups excluding carboxylic acids is 3. The van der Waals surface area contributed by atoms with Gasteiger partial charge in [-0.2, -0.15) is 0 Å². The summed E-state index contributed by atoms with van der Waals surface area (Å²) >= 11 is 0. The van der Waals surface area contributed by atoms with Crippen molar-refractivity contribution in [1.29, 1.82) is 0 Å². The number of hydrogen-bond acceptors (Lipinski definition) is 10. The second-order valence-electron chi connectivity index (χ2n) is 4.65. The van der Waals surface area contributed by atoms with Gasteiger partial charge >= 0.3 is 160 Å². The van der Waals surface area contributed by atoms with Crippen molar-refractivity contribution in [2.45, 2.75) is 43.7 Å². The number of hydrogen-bond donors (Lipinski definition) is 4. The van der Waals surface area contributed by atoms with Crippen LogP contribution in [-0.4, -0.2) is 52.3 Å². The van der Waals surface area contributed by atoms with E-state index in [1.54, 1.807) is 0 Å². The molecule has 0 unspecified atom stereocenters. The molecular formula is C12H19K3N2O9. The second kappa shape index (κ2) is 22.4. The minimum absolute atomic E-state index is 0. The molecule has 0 aromatic heterocycles. The molecule has 0 bridgehead atoms. The quantitative estimate of drug-likeness (QED) is 0.179. The Balaban J connectivity index is -0.000000104. The molecule has 0 aromatic rings. The first kappa shape index (κ1) is 39.2. The minimum atomic E-state index is -2.97. The monoisotopic (exact) mass is 452 g/mol. The van der Waals surface area contributed by atoms with Crippen LogP contribution in [0.5, 0.6) is 0 Å². The zero-order chi connectivity index (χ0) is 18.6. The van der Waals surface area contributed by atoms with Crippen molar-refractivity contribution < 1.29 is 199 Å². The molecule has 6 N–H and O–H groups in total. The molecule has 0 amide bonds. The van der Waals surface area contributed by atoms with Crippen molar-refractivity contribution in [3.8, 4) is 0 Å². The number of carbonyl (C=O) groups is 4. The summed E-state index contributed by atoms with van der Waals surface area (Å²) in [5, 5.41) is 47.3. The van der Waals surface area contributed by atoms with Gasteiger partial charge in [0.15, 0.2) is 0 Å². The summed E-state index contributed by atoms with van der Waals surface area (Å²) < 4.78 is 0. The Hall–Kier alpha value is 2.67. The van der Waals surface area contributed by atoms with Gasteiger partial charge in [-0.3, -0.25) is 4.79 Å². The number of nitrogens with two attached hydrogens (primary N) is 2. The topological polar surface area (TPSA) is 230 Å². The third kappa shape index (κ3) is 23.0. The van der Waals surface area contributed by atoms with Crippen LogP contribution in [0.1, 0.15) is 32.1 Å². The molecule has 0 fully saturated rings. The van der Waals surface area contributed by atoms with Crippen LogP contribution >= 0.6 is 0 Å². The number of carboxylic acids is 4. The Kier molecular flexibility index (Phi) is 33.7. The second-order valence-corrected chi connectivity index (χ2v) is 4.65. The molecule has 0 saturated heterocycles. The van der Waals surface area contributed by atoms with Crippen LogP contribution in [0.3, 0.4) is 0 Å². The van der Waals surface area contributed by atoms with Crippen molar-refractivity contribution in [2.75, 3.05) is 6.54 Å². The smallest absolute Gasteiger partial charge is 0.550 e. The van der Waals surface area contributed by atoms with Crippen LogP contribution in [-0.2, 0) is 19.2 Å². The molecule has 0 radical (unpaired) electrons. The molecule has 26 heavy (non-hydrogen) atoms. The number of aliphatic hydroxyl groups is 1. The zero-order valence-electron chi connectivity index (χ0n) is 15.2. The van der Waals surface area contributed by atoms with Crippen LogP contribution in [0.2, 0.25) is 0 Å². The predicted molar refractivity (Wildman–Crippen MR) is 67.7 cm³/mol. The zero-order valence-corrected chi connectivity index (χ0v) is 24.6. The van der Waals surface area contributed by atoms with E-state index in [0.717, 1.165) is 12.8 Å². The summed E-state index contributed by atoms with van der Waals surface area (Å²) in [6.45, 7) is 0.604. The van der Waals surface area contributed by atoms with Crippen LogP contribution in [0.15, 0.2) is 0 Å². The normalized spacial score (nSPS) is 10.4. The van der Waals surface area contributed by atoms with Crippen LogP contribution < -0.4 is 181 Å². The van der Waals surface area contributed by atoms with Crippen molar-refractivity contribution >= 4 is 23.9 Å². The van der Waals surface area contributed by atoms with Crippen molar-refractivity contribution in [2.24, 2.45) is 11.5 Å². The summed E-state index contributed by atoms with van der Waals surface area (Å²) in [6, 6.07) is -0.716. The number of carboxylic acid groups (broad SMARTS) is 4. The predicted octanol–water partition coefficient (Wildman–Crippen LogP) is -14.7. The van der Waals surface area contributed by atoms with E-state index in [1.165, 1.54) is 0 Å². The molecule has 14 heteroatoms. The largest absolute Gasteiger partial charge is 1.00 e. The Labute approximate surface area is 278 Å². The first-order valence-electron chi connectivity index (χ1n) is 6.48. The van der Waals surface area contributed by atoms with Crippen LogP contribution in [0.4, 0.5) is 0 Å². The number of aliphatic carboxylic acids is 4. The third-order valence-corrected chi connectivity index (χ3v) is 2.54. The molecule has 0 heterocycles. The van der Waals surface area contributed by atoms with Gasteiger partial charge in [-0.15, -0.1) is 0 Å². The molecule has 0 aliphatic heterocycles. The van der Waals surface area contributed by atoms with Gasteiger partial charge in [0.25, 0.3) is 0 Å². The summed E-state index contributed by atoms with van der Waals surface area (Å²) in [6.07, 6.45) is -0.551. The Morgan fingerprint density at radius 2 is 1.31 bits per heavy atom. The van der Waals surface area contributed by atoms with Gasteiger partial charge in [-0.05, 0) is 19.4 Å². The molecule has 0 spiro atoms. The number of unbranched alkanes of at least 4 members (excludes halogenated alkanes) is 1. The maximum Gasteiger partial charge on any atom is 1.00 e. The van der Waals surface area contributed by atoms with Gasteiger partial charge in [0.2, 0.25) is 0 Å². The van der Waals surface area contributed by atoms with Gasteiger partial charge in [0, 0.05) is 24.8 Å². The van der Waals surface area contributed by atoms with Gasteiger partial charge in [0.1, 0.15) is 11.6 Å². The molecule has 11 nitrogen and oxygen atoms in total. The maximum atomic E-state index is 10.1. The van der Waals surface area contributed by atoms with Crippen LogP contribution in [0.25, 0.3) is 0 Å². The Bertz CT molecular complexity index is 422. The van der Waals surface area contributed by atoms with Gasteiger partial charge < -0.3 is 51.4 Å². The first-order chi connectivity index (χ1) is 10.5. The minimum Gasteiger partial charge on any atom is -0.550 e. The fraction of sp³-hybridized carbons (Fsp3) is 0.667. The number of rotatable bonds is 10. The molecule has 1 atom stereocenters. The van der Waals surface area contributed by atoms with Crippen molar-refractivity contribution in [3.63, 3.8) is 0 Å². The SMILES string of the molecule is NCCCC[C@H](N)C(=O)O.O=C([O-])CC(O)(CC(=O)[O-])C(=O)[O-].[K+].[K+].[K+]. The average Bonchev–Trinajstić information content (AvgIpc) is 2.37. The molecule has 0 saturated carbocycles. The molecule has 0 aliphatic rings. The Morgan fingerprint density at radius 1 is 0.923 bits per heavy atom. The molecule has 0 aliphatic carbocycles. The Morgan fingerprint density at radius 3 is 1.54 bits per heavy atom. The summed E-state index contributed by atoms with van der Waals surface area (Å²) in [5.74, 6) is -6.92. The fourth-order valence-corrected chi connectivity index (χ4v) is 1.32. The standard InChI is InChI=1S/C6H14N2O2.C6H8O7.3K/c7-4-2-1-3-5(8)6(9)10;7-3(8)1-6(13,5(11)12)2-4(9)10;;;/h5H,1-4,7-8H2,(H,9,10);13H,1-2H2,(H,7,8)(H,9,10)(H,11,12);;;/q;;3*+1/p-3/t5-;;;;/m0..../s1. The summed E-state index contributed by atoms with van der Waals surface area (Å²) in [5.41, 5.74) is 7.44. The molecule has 0 aromatic carbocycles. The van der Waals surface area contributed by atoms with E-state index in [0.29, 0.717) is 13.0 Å². The van der Waals surface area contributed by atoms with Gasteiger partial charge in [0.05, 0.1) is 5.97 Å². The third-order valence-electron chi connectivity index (χ3n) is 2.54. The first-order valence-corrected chi connectivity index (χ1v) is 6.48. The van der Waals surface area contributed by atoms with E-state index in [-0.39, 0.29) is 154 Å². The summed E-state index contributed by atoms with van der Waals surface area (Å²) in [4.78, 5) is 40.1. The fourth-order valence-electron chi connectivity index (χ4n) is 1.32. The van der Waals surface area contributed by atoms with Crippen molar-refractivity contribution in [1.82, 2.24) is 0 Å². The van der Waals surface area contributed by atoms with Gasteiger partial charge in [-0.1, -0.05) is 6.42 Å².